The fourth-order valence-corrected chi connectivity index (χ4v) is 3.87. The maximum absolute atomic E-state index is 13.0. The Morgan fingerprint density at radius 3 is 2.46 bits per heavy atom. The van der Waals surface area contributed by atoms with Crippen molar-refractivity contribution in [3.63, 3.8) is 0 Å². The summed E-state index contributed by atoms with van der Waals surface area (Å²) >= 11 is 9.43. The zero-order valence-corrected chi connectivity index (χ0v) is 22.8. The van der Waals surface area contributed by atoms with Crippen molar-refractivity contribution in [2.45, 2.75) is 6.92 Å². The van der Waals surface area contributed by atoms with Crippen LogP contribution in [0.15, 0.2) is 75.9 Å². The van der Waals surface area contributed by atoms with Crippen LogP contribution in [-0.2, 0) is 4.79 Å². The Kier molecular flexibility index (Phi) is 9.71. The smallest absolute Gasteiger partial charge is 0.287 e. The molecule has 2 amide bonds. The van der Waals surface area contributed by atoms with E-state index in [9.17, 15) is 14.7 Å². The zero-order chi connectivity index (χ0) is 26.9. The lowest BCUT2D eigenvalue weighted by molar-refractivity contribution is -0.117. The van der Waals surface area contributed by atoms with E-state index >= 15 is 0 Å². The highest BCUT2D eigenvalue weighted by Crippen LogP contribution is 2.35. The van der Waals surface area contributed by atoms with Crippen molar-refractivity contribution in [3.05, 3.63) is 92.5 Å². The Labute approximate surface area is 228 Å². The first kappa shape index (κ1) is 27.8. The minimum atomic E-state index is -0.642. The lowest BCUT2D eigenvalue weighted by Crippen LogP contribution is -2.33. The molecule has 0 heterocycles. The monoisotopic (exact) mass is 584 g/mol. The van der Waals surface area contributed by atoms with E-state index in [1.54, 1.807) is 49.4 Å². The van der Waals surface area contributed by atoms with Crippen LogP contribution in [0.1, 0.15) is 28.4 Å². The lowest BCUT2D eigenvalue weighted by Gasteiger charge is -2.13. The maximum Gasteiger partial charge on any atom is 0.287 e. The van der Waals surface area contributed by atoms with E-state index < -0.39 is 11.8 Å². The van der Waals surface area contributed by atoms with E-state index in [-0.39, 0.29) is 27.8 Å². The van der Waals surface area contributed by atoms with Crippen LogP contribution in [-0.4, -0.2) is 43.8 Å². The topological polar surface area (TPSA) is 103 Å². The third kappa shape index (κ3) is 7.58. The van der Waals surface area contributed by atoms with Crippen LogP contribution >= 0.6 is 27.5 Å². The zero-order valence-electron chi connectivity index (χ0n) is 20.5. The molecule has 0 saturated carbocycles. The van der Waals surface area contributed by atoms with Crippen molar-refractivity contribution in [2.75, 3.05) is 25.6 Å². The van der Waals surface area contributed by atoms with Crippen LogP contribution in [0, 0.1) is 0 Å². The van der Waals surface area contributed by atoms with Gasteiger partial charge in [0.25, 0.3) is 11.8 Å². The molecule has 0 spiro atoms. The molecule has 8 nitrogen and oxygen atoms in total. The number of benzene rings is 3. The number of carbonyl (C=O) groups is 2. The molecule has 3 aromatic carbocycles. The number of nitrogens with one attached hydrogen (secondary N) is 2. The van der Waals surface area contributed by atoms with Crippen molar-refractivity contribution in [1.29, 1.82) is 0 Å². The number of phenols is 1. The Balaban J connectivity index is 1.85. The molecule has 3 N–H and O–H groups in total. The third-order valence-electron chi connectivity index (χ3n) is 5.06. The van der Waals surface area contributed by atoms with Gasteiger partial charge in [0.1, 0.15) is 5.70 Å². The molecule has 0 aliphatic carbocycles. The van der Waals surface area contributed by atoms with Gasteiger partial charge in [-0.1, -0.05) is 35.9 Å². The highest BCUT2D eigenvalue weighted by Gasteiger charge is 2.16. The van der Waals surface area contributed by atoms with Crippen LogP contribution < -0.4 is 20.4 Å². The average Bonchev–Trinajstić information content (AvgIpc) is 2.87. The molecule has 0 bridgehead atoms. The second-order valence-corrected chi connectivity index (χ2v) is 9.22. The quantitative estimate of drug-likeness (QED) is 0.182. The summed E-state index contributed by atoms with van der Waals surface area (Å²) < 4.78 is 5.83. The van der Waals surface area contributed by atoms with Gasteiger partial charge in [-0.15, -0.1) is 0 Å². The highest BCUT2D eigenvalue weighted by atomic mass is 79.9. The van der Waals surface area contributed by atoms with Gasteiger partial charge in [0, 0.05) is 19.8 Å². The van der Waals surface area contributed by atoms with E-state index in [4.69, 9.17) is 16.3 Å². The summed E-state index contributed by atoms with van der Waals surface area (Å²) in [6, 6.07) is 17.2. The van der Waals surface area contributed by atoms with Crippen molar-refractivity contribution < 1.29 is 19.4 Å². The van der Waals surface area contributed by atoms with E-state index in [0.29, 0.717) is 22.2 Å². The molecule has 0 radical (unpaired) electrons. The second kappa shape index (κ2) is 12.9. The lowest BCUT2D eigenvalue weighted by atomic mass is 10.1. The van der Waals surface area contributed by atoms with Crippen molar-refractivity contribution in [1.82, 2.24) is 10.7 Å². The molecular formula is C27H26BrClN4O4. The van der Waals surface area contributed by atoms with Gasteiger partial charge in [0.15, 0.2) is 11.5 Å². The van der Waals surface area contributed by atoms with E-state index in [0.717, 1.165) is 5.69 Å². The fraction of sp³-hybridized carbons (Fsp3) is 0.148. The summed E-state index contributed by atoms with van der Waals surface area (Å²) in [5.74, 6) is -0.935. The first-order valence-corrected chi connectivity index (χ1v) is 12.4. The van der Waals surface area contributed by atoms with Crippen LogP contribution in [0.3, 0.4) is 0 Å². The summed E-state index contributed by atoms with van der Waals surface area (Å²) in [6.45, 7) is 2.17. The van der Waals surface area contributed by atoms with Crippen LogP contribution in [0.4, 0.5) is 5.69 Å². The van der Waals surface area contributed by atoms with Crippen molar-refractivity contribution >= 4 is 57.3 Å². The number of amides is 2. The Morgan fingerprint density at radius 1 is 1.11 bits per heavy atom. The summed E-state index contributed by atoms with van der Waals surface area (Å²) in [6.07, 6.45) is 2.94. The number of nitrogens with zero attached hydrogens (tertiary/aromatic N) is 2. The van der Waals surface area contributed by atoms with Crippen molar-refractivity contribution in [3.8, 4) is 11.5 Å². The normalized spacial score (nSPS) is 11.3. The highest BCUT2D eigenvalue weighted by molar-refractivity contribution is 9.10. The minimum Gasteiger partial charge on any atom is -0.503 e. The van der Waals surface area contributed by atoms with Gasteiger partial charge in [0.2, 0.25) is 0 Å². The maximum atomic E-state index is 13.0. The van der Waals surface area contributed by atoms with Gasteiger partial charge < -0.3 is 20.1 Å². The van der Waals surface area contributed by atoms with Gasteiger partial charge in [-0.2, -0.15) is 5.10 Å². The van der Waals surface area contributed by atoms with Gasteiger partial charge in [-0.3, -0.25) is 9.59 Å². The predicted octanol–water partition coefficient (Wildman–Crippen LogP) is 5.19. The number of carbonyl (C=O) groups excluding carboxylic acids is 2. The molecule has 37 heavy (non-hydrogen) atoms. The molecule has 0 unspecified atom stereocenters. The fourth-order valence-electron chi connectivity index (χ4n) is 3.19. The number of phenolic OH excluding ortho intramolecular Hbond substituents is 1. The Bertz CT molecular complexity index is 1340. The van der Waals surface area contributed by atoms with Crippen LogP contribution in [0.25, 0.3) is 6.08 Å². The molecular weight excluding hydrogens is 560 g/mol. The molecule has 0 aliphatic rings. The summed E-state index contributed by atoms with van der Waals surface area (Å²) in [5.41, 5.74) is 4.88. The average molecular weight is 586 g/mol. The number of halogens is 2. The standard InChI is InChI=1S/C27H26BrClN4O4/c1-4-37-24-15-18(13-21(28)25(24)34)16-30-32-27(36)23(14-17-9-11-19(12-10-17)33(2)3)31-26(35)20-7-5-6-8-22(20)29/h5-16,34H,4H2,1-3H3,(H,31,35)(H,32,36)/b23-14+,30-16-. The van der Waals surface area contributed by atoms with E-state index in [1.807, 2.05) is 43.3 Å². The number of rotatable bonds is 9. The number of hydrogen-bond donors (Lipinski definition) is 3. The number of anilines is 1. The molecule has 0 aromatic heterocycles. The minimum absolute atomic E-state index is 0.0263. The summed E-state index contributed by atoms with van der Waals surface area (Å²) in [4.78, 5) is 27.9. The second-order valence-electron chi connectivity index (χ2n) is 7.96. The van der Waals surface area contributed by atoms with Crippen LogP contribution in [0.2, 0.25) is 5.02 Å². The SMILES string of the molecule is CCOc1cc(/C=N\NC(=O)/C(=C\c2ccc(N(C)C)cc2)NC(=O)c2ccccc2Cl)cc(Br)c1O. The first-order chi connectivity index (χ1) is 17.7. The van der Waals surface area contributed by atoms with E-state index in [2.05, 4.69) is 31.8 Å². The molecule has 10 heteroatoms. The number of ether oxygens (including phenoxy) is 1. The van der Waals surface area contributed by atoms with Gasteiger partial charge in [-0.25, -0.2) is 5.43 Å². The Hall–Kier alpha value is -3.82. The molecule has 0 atom stereocenters. The summed E-state index contributed by atoms with van der Waals surface area (Å²) in [5, 5.41) is 17.0. The van der Waals surface area contributed by atoms with Crippen molar-refractivity contribution in [2.24, 2.45) is 5.10 Å². The third-order valence-corrected chi connectivity index (χ3v) is 6.00. The molecule has 0 fully saturated rings. The number of aromatic hydroxyl groups is 1. The van der Waals surface area contributed by atoms with Gasteiger partial charge in [0.05, 0.1) is 27.9 Å². The molecule has 192 valence electrons. The first-order valence-electron chi connectivity index (χ1n) is 11.2. The number of hydrazone groups is 1. The molecule has 0 aliphatic heterocycles. The summed E-state index contributed by atoms with van der Waals surface area (Å²) in [7, 11) is 3.85. The molecule has 3 rings (SSSR count). The largest absolute Gasteiger partial charge is 0.503 e. The molecule has 3 aromatic rings. The molecule has 0 saturated heterocycles. The van der Waals surface area contributed by atoms with E-state index in [1.165, 1.54) is 6.21 Å². The van der Waals surface area contributed by atoms with Crippen LogP contribution in [0.5, 0.6) is 11.5 Å². The number of hydrogen-bond acceptors (Lipinski definition) is 6. The van der Waals surface area contributed by atoms with Gasteiger partial charge in [-0.05, 0) is 76.5 Å². The Morgan fingerprint density at radius 2 is 1.81 bits per heavy atom. The van der Waals surface area contributed by atoms with Gasteiger partial charge >= 0.3 is 0 Å². The predicted molar refractivity (Wildman–Crippen MR) is 150 cm³/mol.